The van der Waals surface area contributed by atoms with Crippen molar-refractivity contribution in [3.8, 4) is 5.75 Å². The standard InChI is InChI=1S/C24H25Cl2F3N4O5S/c1-13(2)31-12-21-32(39(36,37)20-10-16(7-8-17(20)26)38-24(27,28)29)11-18(30)22(34)33(21)19(23(31)35)9-14-3-5-15(25)6-4-14/h3-8,10,13,18-19,21H,9,11-12,30H2,1-2H3. The van der Waals surface area contributed by atoms with Gasteiger partial charge in [-0.15, -0.1) is 13.2 Å². The van der Waals surface area contributed by atoms with Crippen LogP contribution in [0.15, 0.2) is 47.4 Å². The van der Waals surface area contributed by atoms with Gasteiger partial charge in [-0.3, -0.25) is 9.59 Å². The Morgan fingerprint density at radius 1 is 1.05 bits per heavy atom. The summed E-state index contributed by atoms with van der Waals surface area (Å²) in [7, 11) is -4.64. The number of hydrogen-bond donors (Lipinski definition) is 1. The van der Waals surface area contributed by atoms with E-state index in [1.807, 2.05) is 0 Å². The molecule has 0 aliphatic carbocycles. The zero-order chi connectivity index (χ0) is 28.9. The number of carbonyl (C=O) groups excluding carboxylic acids is 2. The zero-order valence-corrected chi connectivity index (χ0v) is 23.1. The van der Waals surface area contributed by atoms with E-state index >= 15 is 0 Å². The summed E-state index contributed by atoms with van der Waals surface area (Å²) in [5.41, 5.74) is 6.74. The monoisotopic (exact) mass is 608 g/mol. The molecule has 0 spiro atoms. The largest absolute Gasteiger partial charge is 0.573 e. The molecular formula is C24H25Cl2F3N4O5S. The van der Waals surface area contributed by atoms with Crippen molar-refractivity contribution in [1.82, 2.24) is 14.1 Å². The van der Waals surface area contributed by atoms with E-state index in [9.17, 15) is 31.2 Å². The Labute approximate surface area is 233 Å². The van der Waals surface area contributed by atoms with Crippen molar-refractivity contribution in [2.24, 2.45) is 5.73 Å². The average molecular weight is 609 g/mol. The minimum absolute atomic E-state index is 0.0533. The van der Waals surface area contributed by atoms with Gasteiger partial charge in [-0.05, 0) is 43.7 Å². The van der Waals surface area contributed by atoms with Crippen molar-refractivity contribution in [2.75, 3.05) is 13.1 Å². The number of carbonyl (C=O) groups is 2. The van der Waals surface area contributed by atoms with Gasteiger partial charge in [-0.1, -0.05) is 35.3 Å². The molecule has 2 aromatic carbocycles. The molecule has 2 heterocycles. The SMILES string of the molecule is CC(C)N1CC2N(C(=O)C(N)CN2S(=O)(=O)c2cc(OC(F)(F)F)ccc2Cl)C(Cc2ccc(Cl)cc2)C1=O. The van der Waals surface area contributed by atoms with Crippen molar-refractivity contribution in [1.29, 1.82) is 0 Å². The highest BCUT2D eigenvalue weighted by atomic mass is 35.5. The molecule has 0 aromatic heterocycles. The Bertz CT molecular complexity index is 1370. The third-order valence-corrected chi connectivity index (χ3v) is 9.15. The van der Waals surface area contributed by atoms with Gasteiger partial charge in [0.25, 0.3) is 0 Å². The average Bonchev–Trinajstić information content (AvgIpc) is 2.84. The topological polar surface area (TPSA) is 113 Å². The summed E-state index contributed by atoms with van der Waals surface area (Å²) >= 11 is 12.1. The van der Waals surface area contributed by atoms with Crippen LogP contribution in [-0.4, -0.2) is 78.1 Å². The maximum absolute atomic E-state index is 13.9. The van der Waals surface area contributed by atoms with Crippen LogP contribution < -0.4 is 10.5 Å². The van der Waals surface area contributed by atoms with Crippen LogP contribution in [0.2, 0.25) is 10.0 Å². The number of sulfonamides is 1. The fraction of sp³-hybridized carbons (Fsp3) is 0.417. The molecule has 0 saturated carbocycles. The molecule has 2 N–H and O–H groups in total. The van der Waals surface area contributed by atoms with E-state index < -0.39 is 63.6 Å². The van der Waals surface area contributed by atoms with Crippen LogP contribution in [0.1, 0.15) is 19.4 Å². The van der Waals surface area contributed by atoms with Gasteiger partial charge in [-0.2, -0.15) is 4.31 Å². The van der Waals surface area contributed by atoms with Gasteiger partial charge < -0.3 is 20.3 Å². The van der Waals surface area contributed by atoms with E-state index in [-0.39, 0.29) is 24.0 Å². The molecule has 0 bridgehead atoms. The molecule has 15 heteroatoms. The smallest absolute Gasteiger partial charge is 0.406 e. The summed E-state index contributed by atoms with van der Waals surface area (Å²) in [4.78, 5) is 28.9. The van der Waals surface area contributed by atoms with Crippen LogP contribution in [0.5, 0.6) is 5.75 Å². The molecule has 4 rings (SSSR count). The number of benzene rings is 2. The summed E-state index contributed by atoms with van der Waals surface area (Å²) in [5, 5.41) is 0.115. The maximum Gasteiger partial charge on any atom is 0.573 e. The van der Waals surface area contributed by atoms with Crippen LogP contribution in [0.25, 0.3) is 0 Å². The first-order valence-corrected chi connectivity index (χ1v) is 14.0. The summed E-state index contributed by atoms with van der Waals surface area (Å²) in [6, 6.07) is 6.36. The fourth-order valence-electron chi connectivity index (χ4n) is 4.75. The molecule has 9 nitrogen and oxygen atoms in total. The van der Waals surface area contributed by atoms with Crippen molar-refractivity contribution in [3.63, 3.8) is 0 Å². The van der Waals surface area contributed by atoms with Gasteiger partial charge in [-0.25, -0.2) is 8.42 Å². The lowest BCUT2D eigenvalue weighted by Crippen LogP contribution is -2.75. The van der Waals surface area contributed by atoms with Crippen LogP contribution >= 0.6 is 23.2 Å². The number of hydrogen-bond acceptors (Lipinski definition) is 6. The number of alkyl halides is 3. The molecule has 2 amide bonds. The van der Waals surface area contributed by atoms with Gasteiger partial charge in [0.05, 0.1) is 17.6 Å². The summed E-state index contributed by atoms with van der Waals surface area (Å²) < 4.78 is 71.0. The Kier molecular flexibility index (Phi) is 8.12. The molecule has 2 aliphatic heterocycles. The van der Waals surface area contributed by atoms with E-state index in [1.54, 1.807) is 38.1 Å². The lowest BCUT2D eigenvalue weighted by atomic mass is 9.96. The molecule has 212 valence electrons. The highest BCUT2D eigenvalue weighted by Gasteiger charge is 2.53. The molecule has 0 radical (unpaired) electrons. The number of piperazine rings is 1. The molecule has 39 heavy (non-hydrogen) atoms. The van der Waals surface area contributed by atoms with Crippen molar-refractivity contribution < 1.29 is 35.9 Å². The number of nitrogens with two attached hydrogens (primary N) is 1. The van der Waals surface area contributed by atoms with Crippen molar-refractivity contribution >= 4 is 45.0 Å². The molecular weight excluding hydrogens is 584 g/mol. The van der Waals surface area contributed by atoms with Gasteiger partial charge >= 0.3 is 6.36 Å². The predicted octanol–water partition coefficient (Wildman–Crippen LogP) is 3.24. The molecule has 2 fully saturated rings. The van der Waals surface area contributed by atoms with E-state index in [0.29, 0.717) is 16.7 Å². The zero-order valence-electron chi connectivity index (χ0n) is 20.7. The number of halogens is 5. The summed E-state index contributed by atoms with van der Waals surface area (Å²) in [6.45, 7) is 2.84. The van der Waals surface area contributed by atoms with E-state index in [4.69, 9.17) is 28.9 Å². The summed E-state index contributed by atoms with van der Waals surface area (Å²) in [6.07, 6.45) is -6.21. The molecule has 3 atom stereocenters. The lowest BCUT2D eigenvalue weighted by Gasteiger charge is -2.53. The fourth-order valence-corrected chi connectivity index (χ4v) is 6.96. The molecule has 2 saturated heterocycles. The first kappa shape index (κ1) is 29.4. The van der Waals surface area contributed by atoms with Crippen LogP contribution in [0.4, 0.5) is 13.2 Å². The lowest BCUT2D eigenvalue weighted by molar-refractivity contribution is -0.274. The van der Waals surface area contributed by atoms with Gasteiger partial charge in [0.2, 0.25) is 21.8 Å². The maximum atomic E-state index is 13.9. The first-order valence-electron chi connectivity index (χ1n) is 11.8. The quantitative estimate of drug-likeness (QED) is 0.539. The number of rotatable bonds is 6. The van der Waals surface area contributed by atoms with E-state index in [0.717, 1.165) is 21.3 Å². The van der Waals surface area contributed by atoms with Crippen LogP contribution in [0, 0.1) is 0 Å². The van der Waals surface area contributed by atoms with Crippen molar-refractivity contribution in [3.05, 3.63) is 58.1 Å². The second-order valence-corrected chi connectivity index (χ2v) is 12.2. The van der Waals surface area contributed by atoms with E-state index in [2.05, 4.69) is 4.74 Å². The Hall–Kier alpha value is -2.58. The van der Waals surface area contributed by atoms with Gasteiger partial charge in [0, 0.05) is 30.1 Å². The number of amides is 2. The molecule has 2 aliphatic rings. The second-order valence-electron chi connectivity index (χ2n) is 9.48. The van der Waals surface area contributed by atoms with Gasteiger partial charge in [0.1, 0.15) is 22.9 Å². The Morgan fingerprint density at radius 2 is 1.69 bits per heavy atom. The van der Waals surface area contributed by atoms with E-state index in [1.165, 1.54) is 4.90 Å². The highest BCUT2D eigenvalue weighted by Crippen LogP contribution is 2.36. The minimum atomic E-state index is -5.07. The third-order valence-electron chi connectivity index (χ3n) is 6.55. The van der Waals surface area contributed by atoms with Crippen molar-refractivity contribution in [2.45, 2.75) is 55.8 Å². The summed E-state index contributed by atoms with van der Waals surface area (Å²) in [5.74, 6) is -1.81. The number of fused-ring (bicyclic) bond motifs is 1. The van der Waals surface area contributed by atoms with Gasteiger partial charge in [0.15, 0.2) is 0 Å². The first-order chi connectivity index (χ1) is 18.1. The predicted molar refractivity (Wildman–Crippen MR) is 136 cm³/mol. The minimum Gasteiger partial charge on any atom is -0.406 e. The second kappa shape index (κ2) is 10.8. The Morgan fingerprint density at radius 3 is 2.28 bits per heavy atom. The number of ether oxygens (including phenoxy) is 1. The molecule has 3 unspecified atom stereocenters. The molecule has 2 aromatic rings. The van der Waals surface area contributed by atoms with Crippen LogP contribution in [-0.2, 0) is 26.0 Å². The normalized spacial score (nSPS) is 22.8. The highest BCUT2D eigenvalue weighted by molar-refractivity contribution is 7.89. The Balaban J connectivity index is 1.79. The number of nitrogens with zero attached hydrogens (tertiary/aromatic N) is 3. The third kappa shape index (κ3) is 5.97. The van der Waals surface area contributed by atoms with Crippen LogP contribution in [0.3, 0.4) is 0 Å².